The van der Waals surface area contributed by atoms with Gasteiger partial charge in [-0.15, -0.1) is 0 Å². The molecule has 0 N–H and O–H groups in total. The Labute approximate surface area is 85.5 Å². The van der Waals surface area contributed by atoms with Crippen LogP contribution < -0.4 is 4.90 Å². The standard InChI is InChI=1S/C12H17NO/c1-4-12(14)10(2)13(3)11-8-6-5-7-9-11/h5-10H,4H2,1-3H3. The molecule has 76 valence electrons. The van der Waals surface area contributed by atoms with Crippen molar-refractivity contribution < 1.29 is 4.79 Å². The van der Waals surface area contributed by atoms with Crippen LogP contribution in [-0.2, 0) is 4.79 Å². The third kappa shape index (κ3) is 2.34. The smallest absolute Gasteiger partial charge is 0.154 e. The second-order valence-electron chi connectivity index (χ2n) is 3.44. The summed E-state index contributed by atoms with van der Waals surface area (Å²) < 4.78 is 0. The van der Waals surface area contributed by atoms with Gasteiger partial charge in [0.1, 0.15) is 0 Å². The lowest BCUT2D eigenvalue weighted by Gasteiger charge is -2.25. The van der Waals surface area contributed by atoms with Gasteiger partial charge >= 0.3 is 0 Å². The number of likely N-dealkylation sites (N-methyl/N-ethyl adjacent to an activating group) is 1. The van der Waals surface area contributed by atoms with E-state index in [1.54, 1.807) is 0 Å². The van der Waals surface area contributed by atoms with Gasteiger partial charge in [-0.25, -0.2) is 0 Å². The molecule has 0 radical (unpaired) electrons. The summed E-state index contributed by atoms with van der Waals surface area (Å²) >= 11 is 0. The van der Waals surface area contributed by atoms with Gasteiger partial charge < -0.3 is 4.90 Å². The van der Waals surface area contributed by atoms with Crippen molar-refractivity contribution in [1.82, 2.24) is 0 Å². The number of rotatable bonds is 4. The summed E-state index contributed by atoms with van der Waals surface area (Å²) in [5.74, 6) is 0.274. The molecule has 0 fully saturated rings. The number of benzene rings is 1. The fraction of sp³-hybridized carbons (Fsp3) is 0.417. The van der Waals surface area contributed by atoms with Crippen LogP contribution in [0.1, 0.15) is 20.3 Å². The molecule has 2 nitrogen and oxygen atoms in total. The predicted molar refractivity (Wildman–Crippen MR) is 59.6 cm³/mol. The maximum absolute atomic E-state index is 11.5. The molecule has 1 atom stereocenters. The summed E-state index contributed by atoms with van der Waals surface area (Å²) in [6.45, 7) is 3.84. The lowest BCUT2D eigenvalue weighted by molar-refractivity contribution is -0.119. The van der Waals surface area contributed by atoms with Crippen LogP contribution in [0.3, 0.4) is 0 Å². The molecule has 0 spiro atoms. The van der Waals surface area contributed by atoms with E-state index in [-0.39, 0.29) is 11.8 Å². The quantitative estimate of drug-likeness (QED) is 0.728. The van der Waals surface area contributed by atoms with Crippen LogP contribution in [0.25, 0.3) is 0 Å². The zero-order chi connectivity index (χ0) is 10.6. The van der Waals surface area contributed by atoms with Crippen molar-refractivity contribution in [2.75, 3.05) is 11.9 Å². The molecule has 14 heavy (non-hydrogen) atoms. The fourth-order valence-electron chi connectivity index (χ4n) is 1.40. The third-order valence-corrected chi connectivity index (χ3v) is 2.56. The van der Waals surface area contributed by atoms with Crippen LogP contribution in [0.2, 0.25) is 0 Å². The number of nitrogens with zero attached hydrogens (tertiary/aromatic N) is 1. The van der Waals surface area contributed by atoms with Gasteiger partial charge in [-0.05, 0) is 19.1 Å². The van der Waals surface area contributed by atoms with Gasteiger partial charge in [0.15, 0.2) is 5.78 Å². The van der Waals surface area contributed by atoms with Crippen LogP contribution in [0, 0.1) is 0 Å². The fourth-order valence-corrected chi connectivity index (χ4v) is 1.40. The Hall–Kier alpha value is -1.31. The monoisotopic (exact) mass is 191 g/mol. The topological polar surface area (TPSA) is 20.3 Å². The third-order valence-electron chi connectivity index (χ3n) is 2.56. The second kappa shape index (κ2) is 4.80. The molecule has 0 aliphatic carbocycles. The van der Waals surface area contributed by atoms with Gasteiger partial charge in [-0.1, -0.05) is 25.1 Å². The Balaban J connectivity index is 2.75. The van der Waals surface area contributed by atoms with Gasteiger partial charge in [0.2, 0.25) is 0 Å². The molecule has 1 aromatic carbocycles. The number of para-hydroxylation sites is 1. The summed E-state index contributed by atoms with van der Waals surface area (Å²) in [6, 6.07) is 9.93. The average molecular weight is 191 g/mol. The average Bonchev–Trinajstić information content (AvgIpc) is 2.27. The summed E-state index contributed by atoms with van der Waals surface area (Å²) in [5.41, 5.74) is 1.09. The predicted octanol–water partition coefficient (Wildman–Crippen LogP) is 2.49. The molecule has 0 aliphatic rings. The molecule has 0 amide bonds. The molecule has 0 saturated carbocycles. The van der Waals surface area contributed by atoms with Crippen LogP contribution in [-0.4, -0.2) is 18.9 Å². The first-order valence-electron chi connectivity index (χ1n) is 4.97. The van der Waals surface area contributed by atoms with Crippen LogP contribution in [0.5, 0.6) is 0 Å². The maximum Gasteiger partial charge on any atom is 0.154 e. The second-order valence-corrected chi connectivity index (χ2v) is 3.44. The van der Waals surface area contributed by atoms with Gasteiger partial charge in [0.25, 0.3) is 0 Å². The lowest BCUT2D eigenvalue weighted by Crippen LogP contribution is -2.35. The number of hydrogen-bond donors (Lipinski definition) is 0. The van der Waals surface area contributed by atoms with Crippen LogP contribution >= 0.6 is 0 Å². The first-order chi connectivity index (χ1) is 6.66. The van der Waals surface area contributed by atoms with E-state index < -0.39 is 0 Å². The molecular formula is C12H17NO. The van der Waals surface area contributed by atoms with E-state index in [0.717, 1.165) is 5.69 Å². The highest BCUT2D eigenvalue weighted by Gasteiger charge is 2.15. The SMILES string of the molecule is CCC(=O)C(C)N(C)c1ccccc1. The number of Topliss-reactive ketones (excluding diaryl/α,β-unsaturated/α-hetero) is 1. The van der Waals surface area contributed by atoms with E-state index in [0.29, 0.717) is 6.42 Å². The highest BCUT2D eigenvalue weighted by molar-refractivity contribution is 5.86. The van der Waals surface area contributed by atoms with Gasteiger partial charge in [-0.3, -0.25) is 4.79 Å². The number of carbonyl (C=O) groups excluding carboxylic acids is 1. The zero-order valence-corrected chi connectivity index (χ0v) is 9.03. The highest BCUT2D eigenvalue weighted by Crippen LogP contribution is 2.14. The van der Waals surface area contributed by atoms with E-state index >= 15 is 0 Å². The Kier molecular flexibility index (Phi) is 3.69. The van der Waals surface area contributed by atoms with E-state index in [2.05, 4.69) is 0 Å². The number of anilines is 1. The normalized spacial score (nSPS) is 12.2. The molecule has 1 aromatic rings. The Morgan fingerprint density at radius 2 is 1.93 bits per heavy atom. The molecule has 1 unspecified atom stereocenters. The summed E-state index contributed by atoms with van der Waals surface area (Å²) in [5, 5.41) is 0. The molecule has 0 aliphatic heterocycles. The van der Waals surface area contributed by atoms with E-state index in [9.17, 15) is 4.79 Å². The number of ketones is 1. The van der Waals surface area contributed by atoms with Crippen molar-refractivity contribution >= 4 is 11.5 Å². The molecule has 0 aromatic heterocycles. The molecule has 1 rings (SSSR count). The Bertz CT molecular complexity index is 294. The van der Waals surface area contributed by atoms with E-state index in [1.807, 2.05) is 56.1 Å². The molecule has 0 bridgehead atoms. The number of hydrogen-bond acceptors (Lipinski definition) is 2. The summed E-state index contributed by atoms with van der Waals surface area (Å²) in [7, 11) is 1.95. The molecular weight excluding hydrogens is 174 g/mol. The first-order valence-corrected chi connectivity index (χ1v) is 4.97. The van der Waals surface area contributed by atoms with Gasteiger partial charge in [-0.2, -0.15) is 0 Å². The van der Waals surface area contributed by atoms with E-state index in [1.165, 1.54) is 0 Å². The van der Waals surface area contributed by atoms with Gasteiger partial charge in [0.05, 0.1) is 6.04 Å². The molecule has 0 saturated heterocycles. The maximum atomic E-state index is 11.5. The van der Waals surface area contributed by atoms with Gasteiger partial charge in [0, 0.05) is 19.2 Å². The minimum Gasteiger partial charge on any atom is -0.365 e. The number of carbonyl (C=O) groups is 1. The lowest BCUT2D eigenvalue weighted by atomic mass is 10.1. The van der Waals surface area contributed by atoms with Crippen molar-refractivity contribution in [3.05, 3.63) is 30.3 Å². The van der Waals surface area contributed by atoms with Crippen LogP contribution in [0.4, 0.5) is 5.69 Å². The highest BCUT2D eigenvalue weighted by atomic mass is 16.1. The Morgan fingerprint density at radius 3 is 2.43 bits per heavy atom. The largest absolute Gasteiger partial charge is 0.365 e. The minimum atomic E-state index is -0.0394. The summed E-state index contributed by atoms with van der Waals surface area (Å²) in [6.07, 6.45) is 0.596. The molecule has 2 heteroatoms. The van der Waals surface area contributed by atoms with Crippen molar-refractivity contribution in [3.8, 4) is 0 Å². The molecule has 0 heterocycles. The minimum absolute atomic E-state index is 0.0394. The first kappa shape index (κ1) is 10.8. The zero-order valence-electron chi connectivity index (χ0n) is 9.03. The van der Waals surface area contributed by atoms with Crippen molar-refractivity contribution in [3.63, 3.8) is 0 Å². The van der Waals surface area contributed by atoms with Crippen molar-refractivity contribution in [2.24, 2.45) is 0 Å². The van der Waals surface area contributed by atoms with E-state index in [4.69, 9.17) is 0 Å². The van der Waals surface area contributed by atoms with Crippen molar-refractivity contribution in [1.29, 1.82) is 0 Å². The summed E-state index contributed by atoms with van der Waals surface area (Å²) in [4.78, 5) is 13.5. The Morgan fingerprint density at radius 1 is 1.36 bits per heavy atom. The van der Waals surface area contributed by atoms with Crippen molar-refractivity contribution in [2.45, 2.75) is 26.3 Å². The van der Waals surface area contributed by atoms with Crippen LogP contribution in [0.15, 0.2) is 30.3 Å².